The van der Waals surface area contributed by atoms with E-state index in [0.717, 1.165) is 0 Å². The number of ether oxygens (including phenoxy) is 1. The zero-order valence-corrected chi connectivity index (χ0v) is 12.4. The highest BCUT2D eigenvalue weighted by Gasteiger charge is 2.07. The average molecular weight is 308 g/mol. The van der Waals surface area contributed by atoms with Crippen molar-refractivity contribution >= 4 is 23.5 Å². The zero-order valence-electron chi connectivity index (χ0n) is 12.4. The van der Waals surface area contributed by atoms with Gasteiger partial charge in [-0.1, -0.05) is 0 Å². The molecule has 0 atom stereocenters. The van der Waals surface area contributed by atoms with E-state index in [1.807, 2.05) is 0 Å². The lowest BCUT2D eigenvalue weighted by molar-refractivity contribution is -0.137. The summed E-state index contributed by atoms with van der Waals surface area (Å²) >= 11 is 0. The van der Waals surface area contributed by atoms with E-state index in [2.05, 4.69) is 10.6 Å². The second-order valence-electron chi connectivity index (χ2n) is 4.62. The Balaban J connectivity index is 2.42. The Kier molecular flexibility index (Phi) is 7.63. The quantitative estimate of drug-likeness (QED) is 0.596. The van der Waals surface area contributed by atoms with Gasteiger partial charge in [0.25, 0.3) is 5.91 Å². The van der Waals surface area contributed by atoms with Crippen LogP contribution in [0.4, 0.5) is 5.69 Å². The van der Waals surface area contributed by atoms with Crippen molar-refractivity contribution in [1.29, 1.82) is 0 Å². The van der Waals surface area contributed by atoms with Gasteiger partial charge in [0.2, 0.25) is 5.91 Å². The molecule has 0 aliphatic heterocycles. The third kappa shape index (κ3) is 6.85. The molecule has 0 fully saturated rings. The normalized spacial score (nSPS) is 10.0. The molecule has 0 unspecified atom stereocenters. The topological polar surface area (TPSA) is 105 Å². The van der Waals surface area contributed by atoms with Crippen LogP contribution in [0.2, 0.25) is 0 Å². The van der Waals surface area contributed by atoms with Crippen molar-refractivity contribution in [3.05, 3.63) is 29.8 Å². The molecule has 0 aliphatic carbocycles. The number of anilines is 1. The van der Waals surface area contributed by atoms with Crippen molar-refractivity contribution in [3.8, 4) is 0 Å². The molecular weight excluding hydrogens is 288 g/mol. The number of hydrogen-bond acceptors (Lipinski definition) is 4. The second kappa shape index (κ2) is 9.51. The molecule has 7 heteroatoms. The Hall–Kier alpha value is -2.41. The molecule has 2 amide bonds. The summed E-state index contributed by atoms with van der Waals surface area (Å²) < 4.78 is 4.84. The maximum Gasteiger partial charge on any atom is 0.303 e. The molecule has 0 saturated heterocycles. The van der Waals surface area contributed by atoms with Crippen LogP contribution in [-0.2, 0) is 14.3 Å². The highest BCUT2D eigenvalue weighted by molar-refractivity contribution is 5.95. The lowest BCUT2D eigenvalue weighted by Crippen LogP contribution is -2.26. The van der Waals surface area contributed by atoms with Crippen LogP contribution in [0.1, 0.15) is 29.6 Å². The maximum atomic E-state index is 11.7. The van der Waals surface area contributed by atoms with Gasteiger partial charge in [0, 0.05) is 37.7 Å². The van der Waals surface area contributed by atoms with Gasteiger partial charge in [-0.15, -0.1) is 0 Å². The van der Waals surface area contributed by atoms with Gasteiger partial charge in [-0.05, 0) is 30.7 Å². The number of benzene rings is 1. The minimum absolute atomic E-state index is 0.0337. The predicted molar refractivity (Wildman–Crippen MR) is 80.8 cm³/mol. The third-order valence-electron chi connectivity index (χ3n) is 2.82. The van der Waals surface area contributed by atoms with Crippen LogP contribution in [0.3, 0.4) is 0 Å². The number of aliphatic carboxylic acids is 1. The number of carbonyl (C=O) groups excluding carboxylic acids is 2. The van der Waals surface area contributed by atoms with Gasteiger partial charge in [0.05, 0.1) is 6.61 Å². The predicted octanol–water partition coefficient (Wildman–Crippen LogP) is 1.26. The lowest BCUT2D eigenvalue weighted by atomic mass is 10.2. The SMILES string of the molecule is COCCNC(=O)c1ccc(NC(=O)CCCC(=O)O)cc1. The molecule has 1 aromatic rings. The number of methoxy groups -OCH3 is 1. The van der Waals surface area contributed by atoms with Crippen LogP contribution in [0.15, 0.2) is 24.3 Å². The largest absolute Gasteiger partial charge is 0.481 e. The Morgan fingerprint density at radius 1 is 1.14 bits per heavy atom. The first-order valence-corrected chi connectivity index (χ1v) is 6.91. The highest BCUT2D eigenvalue weighted by atomic mass is 16.5. The smallest absolute Gasteiger partial charge is 0.303 e. The van der Waals surface area contributed by atoms with Gasteiger partial charge in [-0.2, -0.15) is 0 Å². The van der Waals surface area contributed by atoms with Crippen LogP contribution in [0, 0.1) is 0 Å². The van der Waals surface area contributed by atoms with E-state index in [9.17, 15) is 14.4 Å². The first-order chi connectivity index (χ1) is 10.5. The van der Waals surface area contributed by atoms with E-state index in [1.165, 1.54) is 0 Å². The van der Waals surface area contributed by atoms with Crippen molar-refractivity contribution in [1.82, 2.24) is 5.32 Å². The summed E-state index contributed by atoms with van der Waals surface area (Å²) in [4.78, 5) is 33.7. The molecule has 0 spiro atoms. The van der Waals surface area contributed by atoms with Crippen molar-refractivity contribution < 1.29 is 24.2 Å². The van der Waals surface area contributed by atoms with Gasteiger partial charge in [0.1, 0.15) is 0 Å². The standard InChI is InChI=1S/C15H20N2O5/c1-22-10-9-16-15(21)11-5-7-12(8-6-11)17-13(18)3-2-4-14(19)20/h5-8H,2-4,9-10H2,1H3,(H,16,21)(H,17,18)(H,19,20). The fraction of sp³-hybridized carbons (Fsp3) is 0.400. The number of rotatable bonds is 9. The fourth-order valence-electron chi connectivity index (χ4n) is 1.70. The molecule has 7 nitrogen and oxygen atoms in total. The monoisotopic (exact) mass is 308 g/mol. The van der Waals surface area contributed by atoms with Crippen molar-refractivity contribution in [2.45, 2.75) is 19.3 Å². The van der Waals surface area contributed by atoms with E-state index in [1.54, 1.807) is 31.4 Å². The van der Waals surface area contributed by atoms with E-state index in [-0.39, 0.29) is 24.7 Å². The minimum Gasteiger partial charge on any atom is -0.481 e. The molecule has 0 saturated carbocycles. The van der Waals surface area contributed by atoms with Crippen LogP contribution in [0.25, 0.3) is 0 Å². The van der Waals surface area contributed by atoms with Crippen molar-refractivity contribution in [2.24, 2.45) is 0 Å². The third-order valence-corrected chi connectivity index (χ3v) is 2.82. The van der Waals surface area contributed by atoms with Gasteiger partial charge in [0.15, 0.2) is 0 Å². The molecule has 0 aliphatic rings. The van der Waals surface area contributed by atoms with Gasteiger partial charge >= 0.3 is 5.97 Å². The zero-order chi connectivity index (χ0) is 16.4. The molecule has 3 N–H and O–H groups in total. The van der Waals surface area contributed by atoms with Crippen LogP contribution in [0.5, 0.6) is 0 Å². The van der Waals surface area contributed by atoms with Gasteiger partial charge in [-0.3, -0.25) is 14.4 Å². The number of carboxylic acid groups (broad SMARTS) is 1. The van der Waals surface area contributed by atoms with Crippen LogP contribution < -0.4 is 10.6 Å². The van der Waals surface area contributed by atoms with Crippen LogP contribution in [-0.4, -0.2) is 43.2 Å². The average Bonchev–Trinajstić information content (AvgIpc) is 2.47. The molecule has 120 valence electrons. The van der Waals surface area contributed by atoms with Crippen molar-refractivity contribution in [2.75, 3.05) is 25.6 Å². The second-order valence-corrected chi connectivity index (χ2v) is 4.62. The number of nitrogens with one attached hydrogen (secondary N) is 2. The molecule has 0 radical (unpaired) electrons. The summed E-state index contributed by atoms with van der Waals surface area (Å²) in [5, 5.41) is 13.8. The van der Waals surface area contributed by atoms with E-state index in [0.29, 0.717) is 30.8 Å². The Morgan fingerprint density at radius 2 is 1.82 bits per heavy atom. The van der Waals surface area contributed by atoms with E-state index in [4.69, 9.17) is 9.84 Å². The van der Waals surface area contributed by atoms with Crippen molar-refractivity contribution in [3.63, 3.8) is 0 Å². The summed E-state index contributed by atoms with van der Waals surface area (Å²) in [7, 11) is 1.56. The molecular formula is C15H20N2O5. The molecule has 1 aromatic carbocycles. The Labute approximate surface area is 128 Å². The Bertz CT molecular complexity index is 513. The number of amides is 2. The molecule has 0 heterocycles. The number of carboxylic acids is 1. The van der Waals surface area contributed by atoms with Gasteiger partial charge in [-0.25, -0.2) is 0 Å². The van der Waals surface area contributed by atoms with Gasteiger partial charge < -0.3 is 20.5 Å². The summed E-state index contributed by atoms with van der Waals surface area (Å²) in [6.07, 6.45) is 0.403. The Morgan fingerprint density at radius 3 is 2.41 bits per heavy atom. The first-order valence-electron chi connectivity index (χ1n) is 6.91. The fourth-order valence-corrected chi connectivity index (χ4v) is 1.70. The summed E-state index contributed by atoms with van der Waals surface area (Å²) in [6, 6.07) is 6.46. The van der Waals surface area contributed by atoms with E-state index < -0.39 is 5.97 Å². The molecule has 22 heavy (non-hydrogen) atoms. The van der Waals surface area contributed by atoms with E-state index >= 15 is 0 Å². The number of hydrogen-bond donors (Lipinski definition) is 3. The maximum absolute atomic E-state index is 11.7. The molecule has 1 rings (SSSR count). The van der Waals surface area contributed by atoms with Crippen LogP contribution >= 0.6 is 0 Å². The molecule has 0 bridgehead atoms. The summed E-state index contributed by atoms with van der Waals surface area (Å²) in [6.45, 7) is 0.869. The lowest BCUT2D eigenvalue weighted by Gasteiger charge is -2.07. The first kappa shape index (κ1) is 17.6. The molecule has 0 aromatic heterocycles. The summed E-state index contributed by atoms with van der Waals surface area (Å²) in [5.74, 6) is -1.38. The summed E-state index contributed by atoms with van der Waals surface area (Å²) in [5.41, 5.74) is 1.05. The number of carbonyl (C=O) groups is 3. The minimum atomic E-state index is -0.920. The highest BCUT2D eigenvalue weighted by Crippen LogP contribution is 2.10.